The van der Waals surface area contributed by atoms with Crippen molar-refractivity contribution in [3.63, 3.8) is 0 Å². The quantitative estimate of drug-likeness (QED) is 0.899. The number of urea groups is 1. The van der Waals surface area contributed by atoms with E-state index in [4.69, 9.17) is 0 Å². The van der Waals surface area contributed by atoms with Crippen molar-refractivity contribution < 1.29 is 4.79 Å². The predicted molar refractivity (Wildman–Crippen MR) is 96.4 cm³/mol. The van der Waals surface area contributed by atoms with Gasteiger partial charge in [-0.1, -0.05) is 23.4 Å². The first kappa shape index (κ1) is 17.4. The standard InChI is InChI=1S/C18H26N6O/c1-22-10-6-7-15(12-22)13-23(2)18(25)19-11-16-14-24(21-20-16)17-8-4-3-5-9-17/h3-5,8-9,14-15H,6-7,10-13H2,1-2H3,(H,19,25)/t15-/m1/s1. The molecule has 1 aliphatic heterocycles. The molecular formula is C18H26N6O. The summed E-state index contributed by atoms with van der Waals surface area (Å²) in [7, 11) is 3.99. The second kappa shape index (κ2) is 8.11. The third kappa shape index (κ3) is 4.79. The maximum Gasteiger partial charge on any atom is 0.317 e. The molecule has 1 saturated heterocycles. The van der Waals surface area contributed by atoms with Crippen LogP contribution in [0.25, 0.3) is 5.69 Å². The zero-order valence-electron chi connectivity index (χ0n) is 14.9. The minimum atomic E-state index is -0.0671. The van der Waals surface area contributed by atoms with E-state index < -0.39 is 0 Å². The molecule has 0 bridgehead atoms. The van der Waals surface area contributed by atoms with Gasteiger partial charge in [0, 0.05) is 20.1 Å². The first-order chi connectivity index (χ1) is 12.1. The Bertz CT molecular complexity index is 686. The summed E-state index contributed by atoms with van der Waals surface area (Å²) in [5.41, 5.74) is 1.69. The van der Waals surface area contributed by atoms with Crippen molar-refractivity contribution >= 4 is 6.03 Å². The molecule has 2 heterocycles. The Hall–Kier alpha value is -2.41. The van der Waals surface area contributed by atoms with Gasteiger partial charge in [-0.2, -0.15) is 0 Å². The van der Waals surface area contributed by atoms with Crippen LogP contribution in [0.5, 0.6) is 0 Å². The Morgan fingerprint density at radius 3 is 2.92 bits per heavy atom. The zero-order chi connectivity index (χ0) is 17.6. The van der Waals surface area contributed by atoms with Crippen LogP contribution in [-0.4, -0.2) is 64.6 Å². The maximum absolute atomic E-state index is 12.3. The molecule has 7 heteroatoms. The SMILES string of the molecule is CN1CCC[C@@H](CN(C)C(=O)NCc2cn(-c3ccccc3)nn2)C1. The Kier molecular flexibility index (Phi) is 5.65. The van der Waals surface area contributed by atoms with Gasteiger partial charge in [0.2, 0.25) is 0 Å². The molecule has 2 amide bonds. The first-order valence-corrected chi connectivity index (χ1v) is 8.76. The van der Waals surface area contributed by atoms with Gasteiger partial charge in [0.1, 0.15) is 5.69 Å². The summed E-state index contributed by atoms with van der Waals surface area (Å²) in [5, 5.41) is 11.2. The van der Waals surface area contributed by atoms with E-state index in [1.165, 1.54) is 12.8 Å². The number of amides is 2. The molecule has 1 fully saturated rings. The van der Waals surface area contributed by atoms with Crippen LogP contribution < -0.4 is 5.32 Å². The Labute approximate surface area is 148 Å². The Balaban J connectivity index is 1.48. The fourth-order valence-electron chi connectivity index (χ4n) is 3.28. The van der Waals surface area contributed by atoms with Gasteiger partial charge in [-0.05, 0) is 44.5 Å². The number of para-hydroxylation sites is 1. The van der Waals surface area contributed by atoms with Crippen molar-refractivity contribution in [1.29, 1.82) is 0 Å². The highest BCUT2D eigenvalue weighted by Crippen LogP contribution is 2.15. The van der Waals surface area contributed by atoms with Gasteiger partial charge in [0.25, 0.3) is 0 Å². The summed E-state index contributed by atoms with van der Waals surface area (Å²) in [5.74, 6) is 0.549. The molecular weight excluding hydrogens is 316 g/mol. The van der Waals surface area contributed by atoms with E-state index in [9.17, 15) is 4.79 Å². The summed E-state index contributed by atoms with van der Waals surface area (Å²) < 4.78 is 1.71. The first-order valence-electron chi connectivity index (χ1n) is 8.76. The van der Waals surface area contributed by atoms with Gasteiger partial charge in [0.05, 0.1) is 18.4 Å². The van der Waals surface area contributed by atoms with E-state index >= 15 is 0 Å². The van der Waals surface area contributed by atoms with Crippen molar-refractivity contribution in [2.45, 2.75) is 19.4 Å². The topological polar surface area (TPSA) is 66.3 Å². The highest BCUT2D eigenvalue weighted by Gasteiger charge is 2.20. The number of carbonyl (C=O) groups excluding carboxylic acids is 1. The second-order valence-corrected chi connectivity index (χ2v) is 6.80. The molecule has 2 aromatic rings. The number of nitrogens with one attached hydrogen (secondary N) is 1. The lowest BCUT2D eigenvalue weighted by atomic mass is 9.98. The smallest absolute Gasteiger partial charge is 0.317 e. The Morgan fingerprint density at radius 2 is 2.16 bits per heavy atom. The number of likely N-dealkylation sites (tertiary alicyclic amines) is 1. The van der Waals surface area contributed by atoms with Gasteiger partial charge >= 0.3 is 6.03 Å². The number of rotatable bonds is 5. The molecule has 0 unspecified atom stereocenters. The molecule has 1 aromatic heterocycles. The maximum atomic E-state index is 12.3. The van der Waals surface area contributed by atoms with Crippen LogP contribution in [0.3, 0.4) is 0 Å². The summed E-state index contributed by atoms with van der Waals surface area (Å²) in [4.78, 5) is 16.4. The van der Waals surface area contributed by atoms with Gasteiger partial charge in [0.15, 0.2) is 0 Å². The lowest BCUT2D eigenvalue weighted by Gasteiger charge is -2.32. The van der Waals surface area contributed by atoms with Gasteiger partial charge in [-0.25, -0.2) is 9.48 Å². The van der Waals surface area contributed by atoms with Crippen LogP contribution in [-0.2, 0) is 6.54 Å². The van der Waals surface area contributed by atoms with Crippen LogP contribution >= 0.6 is 0 Å². The average Bonchev–Trinajstić information content (AvgIpc) is 3.09. The number of hydrogen-bond donors (Lipinski definition) is 1. The summed E-state index contributed by atoms with van der Waals surface area (Å²) in [6.07, 6.45) is 4.23. The van der Waals surface area contributed by atoms with Crippen molar-refractivity contribution in [3.8, 4) is 5.69 Å². The Morgan fingerprint density at radius 1 is 1.36 bits per heavy atom. The van der Waals surface area contributed by atoms with Crippen LogP contribution in [0.15, 0.2) is 36.5 Å². The second-order valence-electron chi connectivity index (χ2n) is 6.80. The predicted octanol–water partition coefficient (Wildman–Crippen LogP) is 1.75. The molecule has 25 heavy (non-hydrogen) atoms. The molecule has 0 radical (unpaired) electrons. The lowest BCUT2D eigenvalue weighted by Crippen LogP contribution is -2.43. The van der Waals surface area contributed by atoms with Gasteiger partial charge in [-0.15, -0.1) is 5.10 Å². The van der Waals surface area contributed by atoms with Gasteiger partial charge in [-0.3, -0.25) is 0 Å². The summed E-state index contributed by atoms with van der Waals surface area (Å²) in [6.45, 7) is 3.37. The molecule has 1 aliphatic rings. The minimum Gasteiger partial charge on any atom is -0.332 e. The normalized spacial score (nSPS) is 18.1. The van der Waals surface area contributed by atoms with E-state index in [0.717, 1.165) is 31.0 Å². The van der Waals surface area contributed by atoms with Crippen LogP contribution in [0.4, 0.5) is 4.79 Å². The average molecular weight is 342 g/mol. The summed E-state index contributed by atoms with van der Waals surface area (Å²) >= 11 is 0. The highest BCUT2D eigenvalue weighted by molar-refractivity contribution is 5.73. The minimum absolute atomic E-state index is 0.0671. The van der Waals surface area contributed by atoms with Crippen LogP contribution in [0.2, 0.25) is 0 Å². The molecule has 1 aromatic carbocycles. The molecule has 0 aliphatic carbocycles. The monoisotopic (exact) mass is 342 g/mol. The van der Waals surface area contributed by atoms with Crippen LogP contribution in [0, 0.1) is 5.92 Å². The summed E-state index contributed by atoms with van der Waals surface area (Å²) in [6, 6.07) is 9.73. The van der Waals surface area contributed by atoms with E-state index in [1.807, 2.05) is 43.6 Å². The molecule has 7 nitrogen and oxygen atoms in total. The van der Waals surface area contributed by atoms with E-state index in [1.54, 1.807) is 9.58 Å². The lowest BCUT2D eigenvalue weighted by molar-refractivity contribution is 0.163. The fourth-order valence-corrected chi connectivity index (χ4v) is 3.28. The molecule has 0 spiro atoms. The van der Waals surface area contributed by atoms with Crippen molar-refractivity contribution in [2.75, 3.05) is 33.7 Å². The molecule has 1 N–H and O–H groups in total. The number of hydrogen-bond acceptors (Lipinski definition) is 4. The van der Waals surface area contributed by atoms with Crippen LogP contribution in [0.1, 0.15) is 18.5 Å². The molecule has 1 atom stereocenters. The number of benzene rings is 1. The number of aromatic nitrogens is 3. The largest absolute Gasteiger partial charge is 0.332 e. The van der Waals surface area contributed by atoms with Crippen molar-refractivity contribution in [3.05, 3.63) is 42.2 Å². The zero-order valence-corrected chi connectivity index (χ0v) is 14.9. The number of nitrogens with zero attached hydrogens (tertiary/aromatic N) is 5. The van der Waals surface area contributed by atoms with E-state index in [0.29, 0.717) is 12.5 Å². The third-order valence-corrected chi connectivity index (χ3v) is 4.58. The fraction of sp³-hybridized carbons (Fsp3) is 0.500. The highest BCUT2D eigenvalue weighted by atomic mass is 16.2. The van der Waals surface area contributed by atoms with E-state index in [2.05, 4.69) is 27.6 Å². The number of piperidine rings is 1. The van der Waals surface area contributed by atoms with Crippen molar-refractivity contribution in [1.82, 2.24) is 30.1 Å². The molecule has 3 rings (SSSR count). The molecule has 134 valence electrons. The van der Waals surface area contributed by atoms with E-state index in [-0.39, 0.29) is 6.03 Å². The van der Waals surface area contributed by atoms with Gasteiger partial charge < -0.3 is 15.1 Å². The van der Waals surface area contributed by atoms with Crippen molar-refractivity contribution in [2.24, 2.45) is 5.92 Å². The molecule has 0 saturated carbocycles. The number of carbonyl (C=O) groups is 1. The third-order valence-electron chi connectivity index (χ3n) is 4.58.